The van der Waals surface area contributed by atoms with Crippen LogP contribution in [-0.4, -0.2) is 22.9 Å². The molecule has 3 rings (SSSR count). The van der Waals surface area contributed by atoms with Gasteiger partial charge in [-0.2, -0.15) is 0 Å². The number of hydrogen-bond donors (Lipinski definition) is 1. The van der Waals surface area contributed by atoms with Crippen LogP contribution in [0.3, 0.4) is 0 Å². The third-order valence-electron chi connectivity index (χ3n) is 5.33. The lowest BCUT2D eigenvalue weighted by molar-refractivity contribution is -0.133. The first-order chi connectivity index (χ1) is 10.1. The average Bonchev–Trinajstić information content (AvgIpc) is 2.72. The van der Waals surface area contributed by atoms with Crippen molar-refractivity contribution in [2.75, 3.05) is 6.54 Å². The minimum absolute atomic E-state index is 0.0312. The number of rotatable bonds is 5. The highest BCUT2D eigenvalue weighted by Crippen LogP contribution is 2.35. The number of amides is 1. The van der Waals surface area contributed by atoms with E-state index in [1.165, 1.54) is 24.8 Å². The van der Waals surface area contributed by atoms with Crippen LogP contribution in [-0.2, 0) is 4.79 Å². The second kappa shape index (κ2) is 5.80. The molecule has 1 saturated carbocycles. The normalized spacial score (nSPS) is 29.7. The molecule has 1 saturated heterocycles. The summed E-state index contributed by atoms with van der Waals surface area (Å²) in [7, 11) is 0. The minimum atomic E-state index is -0.417. The highest BCUT2D eigenvalue weighted by Gasteiger charge is 2.47. The van der Waals surface area contributed by atoms with Gasteiger partial charge < -0.3 is 4.90 Å². The van der Waals surface area contributed by atoms with Gasteiger partial charge in [0.05, 0.1) is 5.54 Å². The van der Waals surface area contributed by atoms with E-state index in [0.29, 0.717) is 0 Å². The van der Waals surface area contributed by atoms with Gasteiger partial charge in [0.2, 0.25) is 5.91 Å². The molecule has 3 nitrogen and oxygen atoms in total. The lowest BCUT2D eigenvalue weighted by Gasteiger charge is -2.30. The molecular formula is C18H26N2O. The Bertz CT molecular complexity index is 497. The zero-order chi connectivity index (χ0) is 14.9. The molecule has 1 aromatic carbocycles. The maximum absolute atomic E-state index is 12.8. The van der Waals surface area contributed by atoms with Gasteiger partial charge in [-0.15, -0.1) is 0 Å². The summed E-state index contributed by atoms with van der Waals surface area (Å²) in [6.45, 7) is 5.00. The van der Waals surface area contributed by atoms with Gasteiger partial charge >= 0.3 is 0 Å². The first-order valence-electron chi connectivity index (χ1n) is 8.28. The van der Waals surface area contributed by atoms with Crippen molar-refractivity contribution in [3.8, 4) is 0 Å². The molecule has 1 aromatic rings. The van der Waals surface area contributed by atoms with Crippen LogP contribution in [0.4, 0.5) is 0 Å². The Balaban J connectivity index is 1.79. The zero-order valence-electron chi connectivity index (χ0n) is 13.1. The predicted molar refractivity (Wildman–Crippen MR) is 84.7 cm³/mol. The fraction of sp³-hybridized carbons (Fsp3) is 0.611. The summed E-state index contributed by atoms with van der Waals surface area (Å²) >= 11 is 0. The van der Waals surface area contributed by atoms with Crippen molar-refractivity contribution in [3.05, 3.63) is 35.9 Å². The van der Waals surface area contributed by atoms with E-state index in [2.05, 4.69) is 29.3 Å². The molecule has 1 aliphatic carbocycles. The summed E-state index contributed by atoms with van der Waals surface area (Å²) in [5.41, 5.74) is 0.775. The Morgan fingerprint density at radius 1 is 1.29 bits per heavy atom. The molecule has 2 unspecified atom stereocenters. The average molecular weight is 286 g/mol. The number of nitrogens with one attached hydrogen (secondary N) is 1. The Kier molecular flexibility index (Phi) is 4.03. The smallest absolute Gasteiger partial charge is 0.244 e. The predicted octanol–water partition coefficient (Wildman–Crippen LogP) is 3.48. The van der Waals surface area contributed by atoms with E-state index in [0.717, 1.165) is 25.3 Å². The van der Waals surface area contributed by atoms with Gasteiger partial charge in [-0.1, -0.05) is 56.5 Å². The topological polar surface area (TPSA) is 32.3 Å². The van der Waals surface area contributed by atoms with E-state index < -0.39 is 5.54 Å². The van der Waals surface area contributed by atoms with Gasteiger partial charge in [0.25, 0.3) is 0 Å². The van der Waals surface area contributed by atoms with E-state index in [-0.39, 0.29) is 12.1 Å². The molecule has 114 valence electrons. The molecule has 3 heteroatoms. The standard InChI is InChI=1S/C18H26N2O/c1-3-18(2)17(21)20(13-12-14-8-7-9-14)16(19-18)15-10-5-4-6-11-15/h4-6,10-11,14,16,19H,3,7-9,12-13H2,1-2H3. The number of hydrogen-bond acceptors (Lipinski definition) is 2. The second-order valence-electron chi connectivity index (χ2n) is 6.73. The highest BCUT2D eigenvalue weighted by atomic mass is 16.2. The zero-order valence-corrected chi connectivity index (χ0v) is 13.1. The molecule has 21 heavy (non-hydrogen) atoms. The fourth-order valence-electron chi connectivity index (χ4n) is 3.36. The van der Waals surface area contributed by atoms with E-state index in [9.17, 15) is 4.79 Å². The molecule has 1 heterocycles. The molecule has 1 amide bonds. The molecule has 0 spiro atoms. The Morgan fingerprint density at radius 3 is 2.57 bits per heavy atom. The second-order valence-corrected chi connectivity index (χ2v) is 6.73. The lowest BCUT2D eigenvalue weighted by Crippen LogP contribution is -2.43. The van der Waals surface area contributed by atoms with Crippen LogP contribution in [0.5, 0.6) is 0 Å². The van der Waals surface area contributed by atoms with Crippen molar-refractivity contribution in [1.82, 2.24) is 10.2 Å². The van der Waals surface area contributed by atoms with E-state index in [4.69, 9.17) is 0 Å². The lowest BCUT2D eigenvalue weighted by atomic mass is 9.83. The molecule has 1 aliphatic heterocycles. The van der Waals surface area contributed by atoms with E-state index >= 15 is 0 Å². The van der Waals surface area contributed by atoms with Crippen molar-refractivity contribution in [1.29, 1.82) is 0 Å². The van der Waals surface area contributed by atoms with E-state index in [1.54, 1.807) is 0 Å². The van der Waals surface area contributed by atoms with Crippen molar-refractivity contribution >= 4 is 5.91 Å². The van der Waals surface area contributed by atoms with Crippen molar-refractivity contribution in [2.24, 2.45) is 5.92 Å². The van der Waals surface area contributed by atoms with Gasteiger partial charge in [0, 0.05) is 6.54 Å². The van der Waals surface area contributed by atoms with Crippen molar-refractivity contribution in [2.45, 2.75) is 57.7 Å². The Labute approximate surface area is 127 Å². The Morgan fingerprint density at radius 2 is 2.00 bits per heavy atom. The van der Waals surface area contributed by atoms with Gasteiger partial charge in [0.1, 0.15) is 6.17 Å². The SMILES string of the molecule is CCC1(C)NC(c2ccccc2)N(CCC2CCC2)C1=O. The maximum Gasteiger partial charge on any atom is 0.244 e. The largest absolute Gasteiger partial charge is 0.321 e. The molecule has 2 aliphatic rings. The van der Waals surface area contributed by atoms with Crippen LogP contribution < -0.4 is 5.32 Å². The van der Waals surface area contributed by atoms with Gasteiger partial charge in [0.15, 0.2) is 0 Å². The van der Waals surface area contributed by atoms with Crippen LogP contribution in [0.2, 0.25) is 0 Å². The molecule has 2 fully saturated rings. The summed E-state index contributed by atoms with van der Waals surface area (Å²) in [6.07, 6.45) is 6.06. The van der Waals surface area contributed by atoms with Gasteiger partial charge in [-0.05, 0) is 31.2 Å². The minimum Gasteiger partial charge on any atom is -0.321 e. The van der Waals surface area contributed by atoms with Crippen LogP contribution in [0.1, 0.15) is 57.7 Å². The summed E-state index contributed by atoms with van der Waals surface area (Å²) in [5, 5.41) is 3.57. The summed E-state index contributed by atoms with van der Waals surface area (Å²) in [5.74, 6) is 1.10. The van der Waals surface area contributed by atoms with Crippen LogP contribution in [0.25, 0.3) is 0 Å². The monoisotopic (exact) mass is 286 g/mol. The number of benzene rings is 1. The summed E-state index contributed by atoms with van der Waals surface area (Å²) < 4.78 is 0. The quantitative estimate of drug-likeness (QED) is 0.899. The maximum atomic E-state index is 12.8. The third-order valence-corrected chi connectivity index (χ3v) is 5.33. The fourth-order valence-corrected chi connectivity index (χ4v) is 3.36. The molecule has 0 aromatic heterocycles. The summed E-state index contributed by atoms with van der Waals surface area (Å²) in [4.78, 5) is 14.9. The number of carbonyl (C=O) groups is 1. The van der Waals surface area contributed by atoms with E-state index in [1.807, 2.05) is 25.1 Å². The van der Waals surface area contributed by atoms with Crippen LogP contribution >= 0.6 is 0 Å². The Hall–Kier alpha value is -1.35. The number of carbonyl (C=O) groups excluding carboxylic acids is 1. The molecule has 2 atom stereocenters. The van der Waals surface area contributed by atoms with Crippen LogP contribution in [0, 0.1) is 5.92 Å². The third kappa shape index (κ3) is 2.71. The van der Waals surface area contributed by atoms with Gasteiger partial charge in [-0.25, -0.2) is 0 Å². The first kappa shape index (κ1) is 14.6. The first-order valence-corrected chi connectivity index (χ1v) is 8.28. The van der Waals surface area contributed by atoms with Gasteiger partial charge in [-0.3, -0.25) is 10.1 Å². The molecule has 0 radical (unpaired) electrons. The molecule has 0 bridgehead atoms. The van der Waals surface area contributed by atoms with Crippen molar-refractivity contribution < 1.29 is 4.79 Å². The molecular weight excluding hydrogens is 260 g/mol. The highest BCUT2D eigenvalue weighted by molar-refractivity contribution is 5.88. The van der Waals surface area contributed by atoms with Crippen LogP contribution in [0.15, 0.2) is 30.3 Å². The van der Waals surface area contributed by atoms with Crippen molar-refractivity contribution in [3.63, 3.8) is 0 Å². The molecule has 1 N–H and O–H groups in total. The number of nitrogens with zero attached hydrogens (tertiary/aromatic N) is 1. The summed E-state index contributed by atoms with van der Waals surface area (Å²) in [6, 6.07) is 10.4.